The van der Waals surface area contributed by atoms with Gasteiger partial charge in [0, 0.05) is 12.7 Å². The quantitative estimate of drug-likeness (QED) is 0.746. The SMILES string of the molecule is CN1C(=N)C2(CCCCC2)c2ccccc21.Cl. The van der Waals surface area contributed by atoms with Crippen molar-refractivity contribution in [1.82, 2.24) is 0 Å². The minimum atomic E-state index is 0. The highest BCUT2D eigenvalue weighted by atomic mass is 35.5. The minimum Gasteiger partial charge on any atom is -0.332 e. The smallest absolute Gasteiger partial charge is 0.111 e. The Labute approximate surface area is 109 Å². The van der Waals surface area contributed by atoms with Crippen LogP contribution in [0.1, 0.15) is 37.7 Å². The van der Waals surface area contributed by atoms with E-state index >= 15 is 0 Å². The number of anilines is 1. The highest BCUT2D eigenvalue weighted by molar-refractivity contribution is 6.09. The van der Waals surface area contributed by atoms with E-state index in [0.29, 0.717) is 0 Å². The maximum absolute atomic E-state index is 8.41. The van der Waals surface area contributed by atoms with Crippen LogP contribution in [-0.2, 0) is 5.41 Å². The maximum atomic E-state index is 8.41. The van der Waals surface area contributed by atoms with Crippen molar-refractivity contribution in [3.05, 3.63) is 29.8 Å². The first-order valence-electron chi connectivity index (χ1n) is 6.18. The van der Waals surface area contributed by atoms with Crippen LogP contribution in [0.15, 0.2) is 24.3 Å². The molecule has 1 aromatic carbocycles. The van der Waals surface area contributed by atoms with E-state index in [1.54, 1.807) is 0 Å². The second-order valence-corrected chi connectivity index (χ2v) is 5.07. The Hall–Kier alpha value is -1.02. The van der Waals surface area contributed by atoms with Crippen LogP contribution < -0.4 is 4.90 Å². The molecule has 1 aliphatic heterocycles. The number of amidine groups is 1. The van der Waals surface area contributed by atoms with Crippen molar-refractivity contribution in [3.63, 3.8) is 0 Å². The van der Waals surface area contributed by atoms with E-state index in [9.17, 15) is 0 Å². The number of fused-ring (bicyclic) bond motifs is 2. The average Bonchev–Trinajstić information content (AvgIpc) is 2.55. The van der Waals surface area contributed by atoms with E-state index in [-0.39, 0.29) is 17.8 Å². The van der Waals surface area contributed by atoms with Crippen molar-refractivity contribution in [2.45, 2.75) is 37.5 Å². The van der Waals surface area contributed by atoms with Gasteiger partial charge in [0.15, 0.2) is 0 Å². The van der Waals surface area contributed by atoms with Gasteiger partial charge in [-0.15, -0.1) is 12.4 Å². The summed E-state index contributed by atoms with van der Waals surface area (Å²) in [6.07, 6.45) is 6.19. The molecular formula is C14H19ClN2. The largest absolute Gasteiger partial charge is 0.332 e. The molecule has 1 heterocycles. The highest BCUT2D eigenvalue weighted by Crippen LogP contribution is 2.49. The minimum absolute atomic E-state index is 0. The molecule has 17 heavy (non-hydrogen) atoms. The molecule has 0 radical (unpaired) electrons. The number of benzene rings is 1. The lowest BCUT2D eigenvalue weighted by Crippen LogP contribution is -2.39. The fourth-order valence-corrected chi connectivity index (χ4v) is 3.40. The molecule has 0 atom stereocenters. The lowest BCUT2D eigenvalue weighted by atomic mass is 9.70. The van der Waals surface area contributed by atoms with Crippen molar-refractivity contribution in [3.8, 4) is 0 Å². The van der Waals surface area contributed by atoms with Gasteiger partial charge in [-0.3, -0.25) is 5.41 Å². The van der Waals surface area contributed by atoms with E-state index in [0.717, 1.165) is 18.7 Å². The first kappa shape index (κ1) is 12.4. The fourth-order valence-electron chi connectivity index (χ4n) is 3.40. The second kappa shape index (κ2) is 4.34. The van der Waals surface area contributed by atoms with Gasteiger partial charge in [0.2, 0.25) is 0 Å². The zero-order valence-electron chi connectivity index (χ0n) is 10.2. The van der Waals surface area contributed by atoms with Crippen LogP contribution in [0.25, 0.3) is 0 Å². The molecule has 1 saturated carbocycles. The topological polar surface area (TPSA) is 27.1 Å². The van der Waals surface area contributed by atoms with Gasteiger partial charge in [0.25, 0.3) is 0 Å². The zero-order chi connectivity index (χ0) is 11.2. The lowest BCUT2D eigenvalue weighted by molar-refractivity contribution is 0.383. The van der Waals surface area contributed by atoms with Crippen molar-refractivity contribution in [2.75, 3.05) is 11.9 Å². The molecule has 2 nitrogen and oxygen atoms in total. The Morgan fingerprint density at radius 1 is 1.12 bits per heavy atom. The summed E-state index contributed by atoms with van der Waals surface area (Å²) in [6.45, 7) is 0. The molecule has 0 bridgehead atoms. The van der Waals surface area contributed by atoms with E-state index < -0.39 is 0 Å². The molecular weight excluding hydrogens is 232 g/mol. The van der Waals surface area contributed by atoms with Gasteiger partial charge in [-0.05, 0) is 24.5 Å². The molecule has 3 rings (SSSR count). The van der Waals surface area contributed by atoms with Gasteiger partial charge in [0.05, 0.1) is 5.41 Å². The number of nitrogens with one attached hydrogen (secondary N) is 1. The monoisotopic (exact) mass is 250 g/mol. The van der Waals surface area contributed by atoms with Crippen LogP contribution >= 0.6 is 12.4 Å². The van der Waals surface area contributed by atoms with Crippen LogP contribution in [0.4, 0.5) is 5.69 Å². The summed E-state index contributed by atoms with van der Waals surface area (Å²) >= 11 is 0. The molecule has 1 aliphatic carbocycles. The number of likely N-dealkylation sites (N-methyl/N-ethyl adjacent to an activating group) is 1. The summed E-state index contributed by atoms with van der Waals surface area (Å²) in [6, 6.07) is 8.55. The normalized spacial score (nSPS) is 21.2. The molecule has 0 unspecified atom stereocenters. The Kier molecular flexibility index (Phi) is 3.17. The summed E-state index contributed by atoms with van der Waals surface area (Å²) in [4.78, 5) is 2.07. The number of rotatable bonds is 0. The van der Waals surface area contributed by atoms with Crippen molar-refractivity contribution < 1.29 is 0 Å². The molecule has 0 amide bonds. The van der Waals surface area contributed by atoms with Crippen LogP contribution in [-0.4, -0.2) is 12.9 Å². The number of halogens is 1. The Morgan fingerprint density at radius 3 is 2.47 bits per heavy atom. The van der Waals surface area contributed by atoms with Gasteiger partial charge < -0.3 is 4.90 Å². The van der Waals surface area contributed by atoms with Gasteiger partial charge in [0.1, 0.15) is 5.84 Å². The Bertz CT molecular complexity index is 436. The number of para-hydroxylation sites is 1. The molecule has 0 saturated heterocycles. The molecule has 1 spiro atoms. The van der Waals surface area contributed by atoms with Gasteiger partial charge in [-0.2, -0.15) is 0 Å². The molecule has 3 heteroatoms. The summed E-state index contributed by atoms with van der Waals surface area (Å²) in [7, 11) is 2.03. The molecule has 1 N–H and O–H groups in total. The van der Waals surface area contributed by atoms with E-state index in [1.807, 2.05) is 7.05 Å². The molecule has 0 aromatic heterocycles. The van der Waals surface area contributed by atoms with Crippen molar-refractivity contribution >= 4 is 23.9 Å². The van der Waals surface area contributed by atoms with Crippen molar-refractivity contribution in [2.24, 2.45) is 0 Å². The molecule has 2 aliphatic rings. The lowest BCUT2D eigenvalue weighted by Gasteiger charge is -2.34. The van der Waals surface area contributed by atoms with E-state index in [2.05, 4.69) is 29.2 Å². The predicted octanol–water partition coefficient (Wildman–Crippen LogP) is 3.74. The van der Waals surface area contributed by atoms with E-state index in [4.69, 9.17) is 5.41 Å². The number of hydrogen-bond acceptors (Lipinski definition) is 1. The zero-order valence-corrected chi connectivity index (χ0v) is 11.0. The molecule has 1 fully saturated rings. The average molecular weight is 251 g/mol. The summed E-state index contributed by atoms with van der Waals surface area (Å²) in [5.41, 5.74) is 2.68. The van der Waals surface area contributed by atoms with Gasteiger partial charge >= 0.3 is 0 Å². The summed E-state index contributed by atoms with van der Waals surface area (Å²) in [5.74, 6) is 0.813. The number of nitrogens with zero attached hydrogens (tertiary/aromatic N) is 1. The highest BCUT2D eigenvalue weighted by Gasteiger charge is 2.46. The van der Waals surface area contributed by atoms with Crippen LogP contribution in [0.5, 0.6) is 0 Å². The van der Waals surface area contributed by atoms with Crippen LogP contribution in [0.2, 0.25) is 0 Å². The summed E-state index contributed by atoms with van der Waals surface area (Å²) < 4.78 is 0. The Morgan fingerprint density at radius 2 is 1.76 bits per heavy atom. The van der Waals surface area contributed by atoms with Gasteiger partial charge in [-0.25, -0.2) is 0 Å². The van der Waals surface area contributed by atoms with Crippen molar-refractivity contribution in [1.29, 1.82) is 5.41 Å². The predicted molar refractivity (Wildman–Crippen MR) is 74.6 cm³/mol. The third-order valence-electron chi connectivity index (χ3n) is 4.28. The van der Waals surface area contributed by atoms with Gasteiger partial charge in [-0.1, -0.05) is 37.5 Å². The third kappa shape index (κ3) is 1.58. The molecule has 92 valence electrons. The standard InChI is InChI=1S/C14H18N2.ClH/c1-16-12-8-4-3-7-11(12)14(13(16)15)9-5-2-6-10-14;/h3-4,7-8,15H,2,5-6,9-10H2,1H3;1H. The maximum Gasteiger partial charge on any atom is 0.111 e. The third-order valence-corrected chi connectivity index (χ3v) is 4.28. The first-order chi connectivity index (χ1) is 7.76. The van der Waals surface area contributed by atoms with Crippen LogP contribution in [0, 0.1) is 5.41 Å². The molecule has 1 aromatic rings. The number of hydrogen-bond donors (Lipinski definition) is 1. The Balaban J connectivity index is 0.00000108. The fraction of sp³-hybridized carbons (Fsp3) is 0.500. The second-order valence-electron chi connectivity index (χ2n) is 5.07. The van der Waals surface area contributed by atoms with Crippen LogP contribution in [0.3, 0.4) is 0 Å². The van der Waals surface area contributed by atoms with E-state index in [1.165, 1.54) is 30.5 Å². The first-order valence-corrected chi connectivity index (χ1v) is 6.18. The summed E-state index contributed by atoms with van der Waals surface area (Å²) in [5, 5.41) is 8.41.